The molecule has 0 bridgehead atoms. The molecule has 4 nitrogen and oxygen atoms in total. The van der Waals surface area contributed by atoms with Gasteiger partial charge in [0.05, 0.1) is 24.5 Å². The van der Waals surface area contributed by atoms with Gasteiger partial charge in [0.1, 0.15) is 0 Å². The lowest BCUT2D eigenvalue weighted by molar-refractivity contribution is 0.234. The minimum atomic E-state index is 0.606. The molecule has 0 saturated carbocycles. The molecule has 1 rings (SSSR count). The zero-order valence-corrected chi connectivity index (χ0v) is 13.2. The number of rotatable bonds is 8. The van der Waals surface area contributed by atoms with Crippen molar-refractivity contribution in [3.05, 3.63) is 53.5 Å². The first kappa shape index (κ1) is 17.0. The number of hydrogen-bond donors (Lipinski definition) is 1. The number of hydrogen-bond acceptors (Lipinski definition) is 3. The average molecular weight is 287 g/mol. The summed E-state index contributed by atoms with van der Waals surface area (Å²) < 4.78 is 7.00. The van der Waals surface area contributed by atoms with E-state index in [1.807, 2.05) is 29.8 Å². The van der Waals surface area contributed by atoms with Gasteiger partial charge in [0, 0.05) is 12.7 Å². The number of methoxy groups -OCH3 is 1. The second-order valence-corrected chi connectivity index (χ2v) is 4.65. The lowest BCUT2D eigenvalue weighted by Gasteiger charge is -2.06. The SMILES string of the molecule is C=Cc1c(/C=C/N)c(C)nn1CC(/C=C\COC)=C/CC. The summed E-state index contributed by atoms with van der Waals surface area (Å²) in [6.45, 7) is 9.29. The molecule has 0 atom stereocenters. The molecule has 0 aliphatic heterocycles. The van der Waals surface area contributed by atoms with Crippen LogP contribution >= 0.6 is 0 Å². The zero-order chi connectivity index (χ0) is 15.7. The number of ether oxygens (including phenoxy) is 1. The topological polar surface area (TPSA) is 53.1 Å². The summed E-state index contributed by atoms with van der Waals surface area (Å²) in [6, 6.07) is 0. The van der Waals surface area contributed by atoms with Gasteiger partial charge in [-0.25, -0.2) is 0 Å². The fourth-order valence-electron chi connectivity index (χ4n) is 2.17. The molecule has 1 aromatic rings. The summed E-state index contributed by atoms with van der Waals surface area (Å²) in [5.74, 6) is 0. The molecular formula is C17H25N3O. The van der Waals surface area contributed by atoms with Crippen LogP contribution in [0, 0.1) is 6.92 Å². The molecule has 0 unspecified atom stereocenters. The normalized spacial score (nSPS) is 12.6. The largest absolute Gasteiger partial charge is 0.405 e. The maximum absolute atomic E-state index is 5.50. The Morgan fingerprint density at radius 2 is 2.24 bits per heavy atom. The molecule has 1 heterocycles. The van der Waals surface area contributed by atoms with Crippen molar-refractivity contribution in [3.8, 4) is 0 Å². The molecule has 0 fully saturated rings. The molecule has 0 amide bonds. The van der Waals surface area contributed by atoms with E-state index in [1.54, 1.807) is 7.11 Å². The Labute approximate surface area is 127 Å². The Balaban J connectivity index is 3.07. The molecule has 1 aromatic heterocycles. The highest BCUT2D eigenvalue weighted by molar-refractivity contribution is 5.63. The second kappa shape index (κ2) is 8.97. The van der Waals surface area contributed by atoms with Crippen molar-refractivity contribution in [1.29, 1.82) is 0 Å². The van der Waals surface area contributed by atoms with Crippen LogP contribution in [0.5, 0.6) is 0 Å². The minimum Gasteiger partial charge on any atom is -0.405 e. The van der Waals surface area contributed by atoms with Crippen LogP contribution in [-0.4, -0.2) is 23.5 Å². The van der Waals surface area contributed by atoms with Gasteiger partial charge in [-0.3, -0.25) is 4.68 Å². The summed E-state index contributed by atoms with van der Waals surface area (Å²) in [5.41, 5.74) is 9.65. The van der Waals surface area contributed by atoms with E-state index in [0.29, 0.717) is 13.2 Å². The van der Waals surface area contributed by atoms with Crippen LogP contribution in [-0.2, 0) is 11.3 Å². The van der Waals surface area contributed by atoms with Gasteiger partial charge in [0.25, 0.3) is 0 Å². The Kier molecular flexibility index (Phi) is 7.26. The summed E-state index contributed by atoms with van der Waals surface area (Å²) in [7, 11) is 1.69. The Morgan fingerprint density at radius 1 is 1.48 bits per heavy atom. The highest BCUT2D eigenvalue weighted by Crippen LogP contribution is 2.18. The van der Waals surface area contributed by atoms with E-state index < -0.39 is 0 Å². The van der Waals surface area contributed by atoms with Gasteiger partial charge in [-0.05, 0) is 37.3 Å². The van der Waals surface area contributed by atoms with Gasteiger partial charge in [-0.1, -0.05) is 31.7 Å². The predicted octanol–water partition coefficient (Wildman–Crippen LogP) is 3.30. The van der Waals surface area contributed by atoms with Crippen LogP contribution < -0.4 is 5.73 Å². The summed E-state index contributed by atoms with van der Waals surface area (Å²) >= 11 is 0. The van der Waals surface area contributed by atoms with Crippen molar-refractivity contribution < 1.29 is 4.74 Å². The molecule has 4 heteroatoms. The zero-order valence-electron chi connectivity index (χ0n) is 13.2. The molecule has 0 aromatic carbocycles. The number of aromatic nitrogens is 2. The van der Waals surface area contributed by atoms with E-state index >= 15 is 0 Å². The maximum Gasteiger partial charge on any atom is 0.0683 e. The van der Waals surface area contributed by atoms with Crippen molar-refractivity contribution in [3.63, 3.8) is 0 Å². The molecule has 0 aliphatic rings. The van der Waals surface area contributed by atoms with Crippen LogP contribution in [0.1, 0.15) is 30.3 Å². The Morgan fingerprint density at radius 3 is 2.81 bits per heavy atom. The molecule has 21 heavy (non-hydrogen) atoms. The van der Waals surface area contributed by atoms with Gasteiger partial charge in [-0.15, -0.1) is 0 Å². The fourth-order valence-corrected chi connectivity index (χ4v) is 2.17. The lowest BCUT2D eigenvalue weighted by atomic mass is 10.1. The van der Waals surface area contributed by atoms with Gasteiger partial charge in [0.15, 0.2) is 0 Å². The quantitative estimate of drug-likeness (QED) is 0.746. The average Bonchev–Trinajstić information content (AvgIpc) is 2.75. The van der Waals surface area contributed by atoms with Crippen molar-refractivity contribution in [2.45, 2.75) is 26.8 Å². The molecule has 0 spiro atoms. The monoisotopic (exact) mass is 287 g/mol. The smallest absolute Gasteiger partial charge is 0.0683 e. The highest BCUT2D eigenvalue weighted by Gasteiger charge is 2.10. The number of nitrogens with zero attached hydrogens (tertiary/aromatic N) is 2. The molecule has 0 aliphatic carbocycles. The van der Waals surface area contributed by atoms with E-state index in [9.17, 15) is 0 Å². The Bertz CT molecular complexity index is 551. The van der Waals surface area contributed by atoms with Gasteiger partial charge in [-0.2, -0.15) is 5.10 Å². The predicted molar refractivity (Wildman–Crippen MR) is 89.7 cm³/mol. The number of aryl methyl sites for hydroxylation is 1. The molecule has 2 N–H and O–H groups in total. The van der Waals surface area contributed by atoms with Gasteiger partial charge < -0.3 is 10.5 Å². The van der Waals surface area contributed by atoms with E-state index in [1.165, 1.54) is 11.8 Å². The third-order valence-corrected chi connectivity index (χ3v) is 3.06. The fraction of sp³-hybridized carbons (Fsp3) is 0.353. The van der Waals surface area contributed by atoms with E-state index in [4.69, 9.17) is 10.5 Å². The van der Waals surface area contributed by atoms with E-state index in [2.05, 4.69) is 30.8 Å². The summed E-state index contributed by atoms with van der Waals surface area (Å²) in [4.78, 5) is 0. The Hall–Kier alpha value is -2.07. The minimum absolute atomic E-state index is 0.606. The first-order chi connectivity index (χ1) is 10.2. The van der Waals surface area contributed by atoms with Crippen LogP contribution in [0.4, 0.5) is 0 Å². The van der Waals surface area contributed by atoms with E-state index in [0.717, 1.165) is 23.4 Å². The maximum atomic E-state index is 5.50. The van der Waals surface area contributed by atoms with Crippen molar-refractivity contribution in [2.75, 3.05) is 13.7 Å². The van der Waals surface area contributed by atoms with Crippen LogP contribution in [0.15, 0.2) is 36.6 Å². The van der Waals surface area contributed by atoms with Crippen LogP contribution in [0.3, 0.4) is 0 Å². The lowest BCUT2D eigenvalue weighted by Crippen LogP contribution is -2.04. The second-order valence-electron chi connectivity index (χ2n) is 4.65. The molecular weight excluding hydrogens is 262 g/mol. The number of nitrogens with two attached hydrogens (primary N) is 1. The summed E-state index contributed by atoms with van der Waals surface area (Å²) in [5, 5.41) is 4.58. The van der Waals surface area contributed by atoms with Crippen LogP contribution in [0.25, 0.3) is 12.2 Å². The van der Waals surface area contributed by atoms with Crippen LogP contribution in [0.2, 0.25) is 0 Å². The third-order valence-electron chi connectivity index (χ3n) is 3.06. The summed E-state index contributed by atoms with van der Waals surface area (Å²) in [6.07, 6.45) is 12.5. The standard InChI is InChI=1S/C17H25N3O/c1-5-8-15(9-7-12-21-4)13-20-17(6-2)16(10-11-18)14(3)19-20/h6-11H,2,5,12-13,18H2,1,3-4H3/b9-7-,11-10+,15-8+. The number of allylic oxidation sites excluding steroid dienone is 3. The van der Waals surface area contributed by atoms with Crippen molar-refractivity contribution in [1.82, 2.24) is 9.78 Å². The van der Waals surface area contributed by atoms with Gasteiger partial charge >= 0.3 is 0 Å². The van der Waals surface area contributed by atoms with Crippen molar-refractivity contribution >= 4 is 12.2 Å². The van der Waals surface area contributed by atoms with Crippen molar-refractivity contribution in [2.24, 2.45) is 5.73 Å². The molecule has 114 valence electrons. The van der Waals surface area contributed by atoms with Gasteiger partial charge in [0.2, 0.25) is 0 Å². The molecule has 0 radical (unpaired) electrons. The van der Waals surface area contributed by atoms with E-state index in [-0.39, 0.29) is 0 Å². The highest BCUT2D eigenvalue weighted by atomic mass is 16.5. The molecule has 0 saturated heterocycles. The third kappa shape index (κ3) is 4.76. The first-order valence-electron chi connectivity index (χ1n) is 7.10. The first-order valence-corrected chi connectivity index (χ1v) is 7.10.